The van der Waals surface area contributed by atoms with E-state index in [0.29, 0.717) is 6.61 Å². The fourth-order valence-electron chi connectivity index (χ4n) is 2.00. The van der Waals surface area contributed by atoms with Gasteiger partial charge in [-0.25, -0.2) is 0 Å². The predicted octanol–water partition coefficient (Wildman–Crippen LogP) is 3.83. The smallest absolute Gasteiger partial charge is 0.303 e. The number of aliphatic carboxylic acids is 1. The van der Waals surface area contributed by atoms with Crippen LogP contribution in [0.15, 0.2) is 24.3 Å². The molecular weight excluding hydrogens is 228 g/mol. The van der Waals surface area contributed by atoms with E-state index in [1.807, 2.05) is 24.3 Å². The highest BCUT2D eigenvalue weighted by atomic mass is 16.5. The molecule has 0 aliphatic heterocycles. The summed E-state index contributed by atoms with van der Waals surface area (Å²) in [6.45, 7) is 4.86. The quantitative estimate of drug-likeness (QED) is 0.762. The number of carboxylic acids is 1. The molecule has 0 heterocycles. The molecule has 0 saturated heterocycles. The van der Waals surface area contributed by atoms with Gasteiger partial charge in [0.15, 0.2) is 0 Å². The summed E-state index contributed by atoms with van der Waals surface area (Å²) in [5, 5.41) is 8.92. The Balaban J connectivity index is 2.70. The summed E-state index contributed by atoms with van der Waals surface area (Å²) < 4.78 is 5.51. The van der Waals surface area contributed by atoms with Crippen LogP contribution in [0, 0.1) is 0 Å². The Morgan fingerprint density at radius 3 is 2.39 bits per heavy atom. The van der Waals surface area contributed by atoms with E-state index in [-0.39, 0.29) is 12.3 Å². The van der Waals surface area contributed by atoms with E-state index >= 15 is 0 Å². The van der Waals surface area contributed by atoms with Crippen molar-refractivity contribution >= 4 is 5.97 Å². The van der Waals surface area contributed by atoms with Crippen LogP contribution in [0.5, 0.6) is 5.75 Å². The molecule has 0 radical (unpaired) electrons. The molecule has 3 heteroatoms. The lowest BCUT2D eigenvalue weighted by molar-refractivity contribution is -0.137. The van der Waals surface area contributed by atoms with E-state index in [1.54, 1.807) is 0 Å². The Kier molecular flexibility index (Phi) is 6.26. The van der Waals surface area contributed by atoms with Gasteiger partial charge in [0, 0.05) is 0 Å². The molecule has 3 nitrogen and oxygen atoms in total. The van der Waals surface area contributed by atoms with Crippen molar-refractivity contribution < 1.29 is 14.6 Å². The van der Waals surface area contributed by atoms with Crippen molar-refractivity contribution in [2.75, 3.05) is 6.61 Å². The summed E-state index contributed by atoms with van der Waals surface area (Å²) in [6.07, 6.45) is 3.08. The number of carboxylic acid groups (broad SMARTS) is 1. The lowest BCUT2D eigenvalue weighted by Gasteiger charge is -2.15. The van der Waals surface area contributed by atoms with Crippen LogP contribution in [0.3, 0.4) is 0 Å². The van der Waals surface area contributed by atoms with Gasteiger partial charge in [0.25, 0.3) is 0 Å². The summed E-state index contributed by atoms with van der Waals surface area (Å²) >= 11 is 0. The molecule has 0 aliphatic carbocycles. The average molecular weight is 250 g/mol. The van der Waals surface area contributed by atoms with Crippen LogP contribution >= 0.6 is 0 Å². The number of rotatable bonds is 8. The van der Waals surface area contributed by atoms with E-state index in [0.717, 1.165) is 30.6 Å². The van der Waals surface area contributed by atoms with Crippen LogP contribution in [0.1, 0.15) is 51.0 Å². The first-order valence-corrected chi connectivity index (χ1v) is 6.61. The maximum absolute atomic E-state index is 10.8. The molecule has 1 rings (SSSR count). The highest BCUT2D eigenvalue weighted by Crippen LogP contribution is 2.26. The second-order valence-electron chi connectivity index (χ2n) is 4.50. The molecule has 0 aliphatic rings. The van der Waals surface area contributed by atoms with Gasteiger partial charge in [-0.15, -0.1) is 0 Å². The molecule has 0 spiro atoms. The minimum Gasteiger partial charge on any atom is -0.494 e. The predicted molar refractivity (Wildman–Crippen MR) is 72.1 cm³/mol. The molecule has 0 aromatic heterocycles. The van der Waals surface area contributed by atoms with E-state index in [2.05, 4.69) is 13.8 Å². The second-order valence-corrected chi connectivity index (χ2v) is 4.50. The van der Waals surface area contributed by atoms with Gasteiger partial charge in [-0.3, -0.25) is 4.79 Å². The normalized spacial score (nSPS) is 12.1. The maximum Gasteiger partial charge on any atom is 0.303 e. The van der Waals surface area contributed by atoms with Crippen molar-refractivity contribution in [2.45, 2.75) is 45.4 Å². The zero-order valence-electron chi connectivity index (χ0n) is 11.2. The molecule has 100 valence electrons. The topological polar surface area (TPSA) is 46.5 Å². The van der Waals surface area contributed by atoms with Crippen LogP contribution in [-0.2, 0) is 4.79 Å². The zero-order chi connectivity index (χ0) is 13.4. The molecule has 1 atom stereocenters. The number of carbonyl (C=O) groups is 1. The van der Waals surface area contributed by atoms with Crippen molar-refractivity contribution in [3.63, 3.8) is 0 Å². The van der Waals surface area contributed by atoms with Crippen molar-refractivity contribution in [1.82, 2.24) is 0 Å². The molecule has 18 heavy (non-hydrogen) atoms. The molecule has 1 aromatic carbocycles. The lowest BCUT2D eigenvalue weighted by atomic mass is 9.91. The van der Waals surface area contributed by atoms with Gasteiger partial charge in [-0.05, 0) is 36.5 Å². The van der Waals surface area contributed by atoms with E-state index < -0.39 is 5.97 Å². The summed E-state index contributed by atoms with van der Waals surface area (Å²) in [5.74, 6) is 0.221. The molecule has 0 fully saturated rings. The number of hydrogen-bond donors (Lipinski definition) is 1. The molecule has 1 N–H and O–H groups in total. The highest BCUT2D eigenvalue weighted by molar-refractivity contribution is 5.68. The van der Waals surface area contributed by atoms with Crippen LogP contribution in [0.2, 0.25) is 0 Å². The molecular formula is C15H22O3. The zero-order valence-corrected chi connectivity index (χ0v) is 11.2. The molecule has 0 amide bonds. The first kappa shape index (κ1) is 14.6. The van der Waals surface area contributed by atoms with Crippen molar-refractivity contribution in [1.29, 1.82) is 0 Å². The van der Waals surface area contributed by atoms with Crippen LogP contribution < -0.4 is 4.74 Å². The SMILES string of the molecule is CCCOc1ccc(C(CCC)CC(=O)O)cc1. The lowest BCUT2D eigenvalue weighted by Crippen LogP contribution is -2.06. The summed E-state index contributed by atoms with van der Waals surface area (Å²) in [4.78, 5) is 10.8. The summed E-state index contributed by atoms with van der Waals surface area (Å²) in [7, 11) is 0. The summed E-state index contributed by atoms with van der Waals surface area (Å²) in [5.41, 5.74) is 1.09. The molecule has 0 saturated carbocycles. The van der Waals surface area contributed by atoms with E-state index in [9.17, 15) is 4.79 Å². The minimum absolute atomic E-state index is 0.104. The third-order valence-electron chi connectivity index (χ3n) is 2.88. The number of ether oxygens (including phenoxy) is 1. The highest BCUT2D eigenvalue weighted by Gasteiger charge is 2.14. The molecule has 1 unspecified atom stereocenters. The Hall–Kier alpha value is -1.51. The Morgan fingerprint density at radius 2 is 1.89 bits per heavy atom. The monoisotopic (exact) mass is 250 g/mol. The number of hydrogen-bond acceptors (Lipinski definition) is 2. The largest absolute Gasteiger partial charge is 0.494 e. The first-order chi connectivity index (χ1) is 8.67. The van der Waals surface area contributed by atoms with Crippen LogP contribution in [-0.4, -0.2) is 17.7 Å². The molecule has 1 aromatic rings. The second kappa shape index (κ2) is 7.75. The fourth-order valence-corrected chi connectivity index (χ4v) is 2.00. The van der Waals surface area contributed by atoms with Crippen molar-refractivity contribution in [2.24, 2.45) is 0 Å². The van der Waals surface area contributed by atoms with Gasteiger partial charge in [-0.1, -0.05) is 32.4 Å². The Bertz CT molecular complexity index is 357. The van der Waals surface area contributed by atoms with Gasteiger partial charge >= 0.3 is 5.97 Å². The first-order valence-electron chi connectivity index (χ1n) is 6.61. The van der Waals surface area contributed by atoms with Crippen LogP contribution in [0.25, 0.3) is 0 Å². The van der Waals surface area contributed by atoms with Gasteiger partial charge in [0.2, 0.25) is 0 Å². The van der Waals surface area contributed by atoms with Gasteiger partial charge in [-0.2, -0.15) is 0 Å². The van der Waals surface area contributed by atoms with Gasteiger partial charge in [0.05, 0.1) is 13.0 Å². The van der Waals surface area contributed by atoms with Gasteiger partial charge in [0.1, 0.15) is 5.75 Å². The van der Waals surface area contributed by atoms with Crippen LogP contribution in [0.4, 0.5) is 0 Å². The van der Waals surface area contributed by atoms with E-state index in [4.69, 9.17) is 9.84 Å². The third kappa shape index (κ3) is 4.78. The average Bonchev–Trinajstić information content (AvgIpc) is 2.36. The van der Waals surface area contributed by atoms with Crippen molar-refractivity contribution in [3.8, 4) is 5.75 Å². The summed E-state index contributed by atoms with van der Waals surface area (Å²) in [6, 6.07) is 7.81. The standard InChI is InChI=1S/C15H22O3/c1-3-5-13(11-15(16)17)12-6-8-14(9-7-12)18-10-4-2/h6-9,13H,3-5,10-11H2,1-2H3,(H,16,17). The van der Waals surface area contributed by atoms with E-state index in [1.165, 1.54) is 0 Å². The third-order valence-corrected chi connectivity index (χ3v) is 2.88. The maximum atomic E-state index is 10.8. The minimum atomic E-state index is -0.736. The molecule has 0 bridgehead atoms. The Morgan fingerprint density at radius 1 is 1.22 bits per heavy atom. The number of benzene rings is 1. The van der Waals surface area contributed by atoms with Crippen molar-refractivity contribution in [3.05, 3.63) is 29.8 Å². The van der Waals surface area contributed by atoms with Gasteiger partial charge < -0.3 is 9.84 Å². The Labute approximate surface area is 109 Å². The fraction of sp³-hybridized carbons (Fsp3) is 0.533.